The van der Waals surface area contributed by atoms with Crippen molar-refractivity contribution in [3.8, 4) is 0 Å². The normalized spacial score (nSPS) is 17.2. The van der Waals surface area contributed by atoms with Gasteiger partial charge < -0.3 is 5.32 Å². The third-order valence-corrected chi connectivity index (χ3v) is 4.69. The summed E-state index contributed by atoms with van der Waals surface area (Å²) < 4.78 is 23.6. The van der Waals surface area contributed by atoms with Crippen molar-refractivity contribution in [2.45, 2.75) is 24.7 Å². The number of rotatable bonds is 3. The fourth-order valence-electron chi connectivity index (χ4n) is 1.98. The first-order chi connectivity index (χ1) is 7.99. The summed E-state index contributed by atoms with van der Waals surface area (Å²) in [6.45, 7) is 1.78. The second kappa shape index (κ2) is 4.49. The second-order valence-electron chi connectivity index (χ2n) is 4.30. The van der Waals surface area contributed by atoms with E-state index >= 15 is 0 Å². The predicted octanol–water partition coefficient (Wildman–Crippen LogP) is 1.41. The van der Waals surface area contributed by atoms with E-state index in [4.69, 9.17) is 0 Å². The number of fused-ring (bicyclic) bond motifs is 1. The Labute approximate surface area is 101 Å². The van der Waals surface area contributed by atoms with Gasteiger partial charge in [-0.15, -0.1) is 0 Å². The summed E-state index contributed by atoms with van der Waals surface area (Å²) in [4.78, 5) is 11.3. The highest BCUT2D eigenvalue weighted by Gasteiger charge is 2.23. The summed E-state index contributed by atoms with van der Waals surface area (Å²) in [6, 6.07) is 5.17. The van der Waals surface area contributed by atoms with Crippen LogP contribution in [0.15, 0.2) is 23.1 Å². The Hall–Kier alpha value is -1.36. The van der Waals surface area contributed by atoms with Crippen molar-refractivity contribution >= 4 is 21.3 Å². The highest BCUT2D eigenvalue weighted by molar-refractivity contribution is 7.91. The summed E-state index contributed by atoms with van der Waals surface area (Å²) in [5, 5.41) is 2.98. The highest BCUT2D eigenvalue weighted by Crippen LogP contribution is 2.27. The van der Waals surface area contributed by atoms with Crippen molar-refractivity contribution in [3.63, 3.8) is 0 Å². The smallest absolute Gasteiger partial charge is 0.178 e. The molecule has 1 heterocycles. The van der Waals surface area contributed by atoms with Crippen LogP contribution in [-0.4, -0.2) is 26.5 Å². The van der Waals surface area contributed by atoms with Crippen molar-refractivity contribution in [2.75, 3.05) is 17.6 Å². The van der Waals surface area contributed by atoms with Gasteiger partial charge in [-0.1, -0.05) is 0 Å². The Morgan fingerprint density at radius 1 is 1.41 bits per heavy atom. The molecule has 0 radical (unpaired) electrons. The summed E-state index contributed by atoms with van der Waals surface area (Å²) >= 11 is 0. The maximum atomic E-state index is 11.8. The van der Waals surface area contributed by atoms with E-state index in [1.54, 1.807) is 12.1 Å². The number of sulfone groups is 1. The largest absolute Gasteiger partial charge is 0.378 e. The van der Waals surface area contributed by atoms with Crippen LogP contribution in [-0.2, 0) is 21.1 Å². The number of nitrogens with one attached hydrogen (secondary N) is 1. The van der Waals surface area contributed by atoms with E-state index in [1.165, 1.54) is 6.92 Å². The van der Waals surface area contributed by atoms with Gasteiger partial charge in [0.05, 0.1) is 17.2 Å². The minimum absolute atomic E-state index is 0.0512. The number of ketones is 1. The second-order valence-corrected chi connectivity index (χ2v) is 6.38. The SMILES string of the molecule is CC(=O)CNc1ccc2c(c1)CCCS2(=O)=O. The van der Waals surface area contributed by atoms with Gasteiger partial charge in [-0.25, -0.2) is 8.42 Å². The van der Waals surface area contributed by atoms with Crippen LogP contribution in [0.1, 0.15) is 18.9 Å². The van der Waals surface area contributed by atoms with E-state index in [-0.39, 0.29) is 18.1 Å². The van der Waals surface area contributed by atoms with E-state index in [1.807, 2.05) is 6.07 Å². The first kappa shape index (κ1) is 12.1. The molecule has 2 rings (SSSR count). The molecule has 92 valence electrons. The van der Waals surface area contributed by atoms with Crippen molar-refractivity contribution in [1.29, 1.82) is 0 Å². The first-order valence-electron chi connectivity index (χ1n) is 5.58. The summed E-state index contributed by atoms with van der Waals surface area (Å²) in [5.74, 6) is 0.288. The molecule has 1 aliphatic heterocycles. The molecule has 0 bridgehead atoms. The molecule has 0 unspecified atom stereocenters. The molecule has 17 heavy (non-hydrogen) atoms. The van der Waals surface area contributed by atoms with E-state index in [0.29, 0.717) is 11.3 Å². The van der Waals surface area contributed by atoms with Crippen LogP contribution in [0.5, 0.6) is 0 Å². The lowest BCUT2D eigenvalue weighted by Gasteiger charge is -2.17. The van der Waals surface area contributed by atoms with E-state index in [0.717, 1.165) is 17.7 Å². The fraction of sp³-hybridized carbons (Fsp3) is 0.417. The average Bonchev–Trinajstić information content (AvgIpc) is 2.25. The summed E-state index contributed by atoms with van der Waals surface area (Å²) in [6.07, 6.45) is 1.45. The molecule has 0 saturated carbocycles. The molecule has 4 nitrogen and oxygen atoms in total. The molecule has 0 spiro atoms. The fourth-order valence-corrected chi connectivity index (χ4v) is 3.56. The highest BCUT2D eigenvalue weighted by atomic mass is 32.2. The quantitative estimate of drug-likeness (QED) is 0.884. The molecular weight excluding hydrogens is 238 g/mol. The minimum atomic E-state index is -3.08. The first-order valence-corrected chi connectivity index (χ1v) is 7.23. The molecule has 0 amide bonds. The van der Waals surface area contributed by atoms with Gasteiger partial charge >= 0.3 is 0 Å². The summed E-state index contributed by atoms with van der Waals surface area (Å²) in [7, 11) is -3.08. The Morgan fingerprint density at radius 3 is 2.88 bits per heavy atom. The van der Waals surface area contributed by atoms with Gasteiger partial charge in [0.25, 0.3) is 0 Å². The molecule has 0 fully saturated rings. The van der Waals surface area contributed by atoms with Gasteiger partial charge in [-0.3, -0.25) is 4.79 Å². The van der Waals surface area contributed by atoms with Crippen molar-refractivity contribution in [2.24, 2.45) is 0 Å². The van der Waals surface area contributed by atoms with Crippen molar-refractivity contribution < 1.29 is 13.2 Å². The molecule has 1 aliphatic rings. The van der Waals surface area contributed by atoms with Crippen LogP contribution in [0, 0.1) is 0 Å². The Morgan fingerprint density at radius 2 is 2.18 bits per heavy atom. The van der Waals surface area contributed by atoms with Gasteiger partial charge in [0.1, 0.15) is 5.78 Å². The number of benzene rings is 1. The van der Waals surface area contributed by atoms with Crippen LogP contribution < -0.4 is 5.32 Å². The number of hydrogen-bond acceptors (Lipinski definition) is 4. The number of carbonyl (C=O) groups is 1. The van der Waals surface area contributed by atoms with Gasteiger partial charge in [-0.05, 0) is 43.5 Å². The maximum Gasteiger partial charge on any atom is 0.178 e. The van der Waals surface area contributed by atoms with Gasteiger partial charge in [-0.2, -0.15) is 0 Å². The van der Waals surface area contributed by atoms with E-state index in [9.17, 15) is 13.2 Å². The molecule has 0 aromatic heterocycles. The Bertz CT molecular complexity index is 549. The van der Waals surface area contributed by atoms with Crippen molar-refractivity contribution in [1.82, 2.24) is 0 Å². The maximum absolute atomic E-state index is 11.8. The molecule has 0 saturated heterocycles. The third kappa shape index (κ3) is 2.66. The number of anilines is 1. The third-order valence-electron chi connectivity index (χ3n) is 2.80. The zero-order chi connectivity index (χ0) is 12.5. The van der Waals surface area contributed by atoms with Gasteiger partial charge in [0.15, 0.2) is 9.84 Å². The molecule has 1 aromatic carbocycles. The van der Waals surface area contributed by atoms with Gasteiger partial charge in [0, 0.05) is 5.69 Å². The van der Waals surface area contributed by atoms with Crippen LogP contribution in [0.25, 0.3) is 0 Å². The topological polar surface area (TPSA) is 63.2 Å². The molecule has 1 N–H and O–H groups in total. The Kier molecular flexibility index (Phi) is 3.19. The van der Waals surface area contributed by atoms with E-state index < -0.39 is 9.84 Å². The molecule has 0 atom stereocenters. The number of carbonyl (C=O) groups excluding carboxylic acids is 1. The van der Waals surface area contributed by atoms with Crippen LogP contribution in [0.4, 0.5) is 5.69 Å². The summed E-state index contributed by atoms with van der Waals surface area (Å²) in [5.41, 5.74) is 1.65. The number of hydrogen-bond donors (Lipinski definition) is 1. The standard InChI is InChI=1S/C12H15NO3S/c1-9(14)8-13-11-4-5-12-10(7-11)3-2-6-17(12,15)16/h4-5,7,13H,2-3,6,8H2,1H3. The van der Waals surface area contributed by atoms with Crippen LogP contribution >= 0.6 is 0 Å². The number of aryl methyl sites for hydroxylation is 1. The molecule has 0 aliphatic carbocycles. The lowest BCUT2D eigenvalue weighted by molar-refractivity contribution is -0.115. The molecule has 1 aromatic rings. The Balaban J connectivity index is 2.28. The molecule has 5 heteroatoms. The minimum Gasteiger partial charge on any atom is -0.378 e. The monoisotopic (exact) mass is 253 g/mol. The van der Waals surface area contributed by atoms with Crippen LogP contribution in [0.2, 0.25) is 0 Å². The lowest BCUT2D eigenvalue weighted by atomic mass is 10.1. The molecular formula is C12H15NO3S. The average molecular weight is 253 g/mol. The van der Waals surface area contributed by atoms with E-state index in [2.05, 4.69) is 5.32 Å². The van der Waals surface area contributed by atoms with Crippen molar-refractivity contribution in [3.05, 3.63) is 23.8 Å². The predicted molar refractivity (Wildman–Crippen MR) is 66.0 cm³/mol. The van der Waals surface area contributed by atoms with Crippen LogP contribution in [0.3, 0.4) is 0 Å². The number of Topliss-reactive ketones (excluding diaryl/α,β-unsaturated/α-hetero) is 1. The zero-order valence-corrected chi connectivity index (χ0v) is 10.5. The lowest BCUT2D eigenvalue weighted by Crippen LogP contribution is -2.17. The van der Waals surface area contributed by atoms with Gasteiger partial charge in [0.2, 0.25) is 0 Å². The zero-order valence-electron chi connectivity index (χ0n) is 9.69.